The van der Waals surface area contributed by atoms with Gasteiger partial charge in [-0.3, -0.25) is 0 Å². The maximum absolute atomic E-state index is 12.0. The second kappa shape index (κ2) is 15.0. The highest BCUT2D eigenvalue weighted by Crippen LogP contribution is 2.33. The molecule has 0 saturated carbocycles. The van der Waals surface area contributed by atoms with E-state index in [1.807, 2.05) is 30.3 Å². The van der Waals surface area contributed by atoms with Crippen LogP contribution < -0.4 is 9.84 Å². The zero-order chi connectivity index (χ0) is 27.3. The number of carbonyl (C=O) groups is 2. The van der Waals surface area contributed by atoms with E-state index in [4.69, 9.17) is 4.74 Å². The van der Waals surface area contributed by atoms with E-state index in [9.17, 15) is 19.8 Å². The highest BCUT2D eigenvalue weighted by molar-refractivity contribution is 6.06. The number of aryl methyl sites for hydroxylation is 1. The van der Waals surface area contributed by atoms with Crippen molar-refractivity contribution in [3.8, 4) is 28.0 Å². The van der Waals surface area contributed by atoms with Crippen molar-refractivity contribution in [1.82, 2.24) is 0 Å². The van der Waals surface area contributed by atoms with Gasteiger partial charge in [-0.2, -0.15) is 0 Å². The molecule has 0 radical (unpaired) electrons. The van der Waals surface area contributed by atoms with E-state index in [0.717, 1.165) is 61.2 Å². The summed E-state index contributed by atoms with van der Waals surface area (Å²) in [6, 6.07) is 18.5. The van der Waals surface area contributed by atoms with Crippen molar-refractivity contribution in [2.45, 2.75) is 78.1 Å². The Labute approximate surface area is 226 Å². The average Bonchev–Trinajstić information content (AvgIpc) is 2.92. The summed E-state index contributed by atoms with van der Waals surface area (Å²) in [6.45, 7) is 5.10. The molecule has 5 heteroatoms. The van der Waals surface area contributed by atoms with Crippen LogP contribution in [0.25, 0.3) is 22.3 Å². The normalized spacial score (nSPS) is 10.9. The van der Waals surface area contributed by atoms with E-state index in [2.05, 4.69) is 26.0 Å². The second-order valence-corrected chi connectivity index (χ2v) is 9.79. The summed E-state index contributed by atoms with van der Waals surface area (Å²) in [5.74, 6) is -1.92. The fourth-order valence-electron chi connectivity index (χ4n) is 4.81. The van der Waals surface area contributed by atoms with Crippen LogP contribution in [0.3, 0.4) is 0 Å². The first-order valence-electron chi connectivity index (χ1n) is 13.9. The van der Waals surface area contributed by atoms with Crippen molar-refractivity contribution >= 4 is 11.9 Å². The first-order chi connectivity index (χ1) is 18.5. The van der Waals surface area contributed by atoms with Crippen molar-refractivity contribution in [1.29, 1.82) is 0 Å². The minimum atomic E-state index is -1.50. The highest BCUT2D eigenvalue weighted by atomic mass is 16.5. The number of hydrogen-bond acceptors (Lipinski definition) is 4. The third-order valence-corrected chi connectivity index (χ3v) is 6.90. The van der Waals surface area contributed by atoms with Crippen LogP contribution in [0.2, 0.25) is 0 Å². The topological polar surface area (TPSA) is 86.7 Å². The number of carbonyl (C=O) groups excluding carboxylic acids is 1. The standard InChI is InChI=1S/C33H40O5/c1-3-5-7-8-9-11-22-38-27-19-16-24(17-20-27)28-21-18-26(23-25(28)13-10-6-4-2)29-14-12-15-30(32(34)35)31(29)33(36)37/h12,14-21,23H,3-11,13,22H2,1-2H3,(H,34,35)(H,36,37)/p-1. The Morgan fingerprint density at radius 2 is 1.42 bits per heavy atom. The number of ether oxygens (including phenoxy) is 1. The molecular weight excluding hydrogens is 476 g/mol. The molecule has 0 unspecified atom stereocenters. The zero-order valence-electron chi connectivity index (χ0n) is 22.6. The molecule has 3 rings (SSSR count). The summed E-state index contributed by atoms with van der Waals surface area (Å²) in [4.78, 5) is 23.6. The van der Waals surface area contributed by atoms with Gasteiger partial charge >= 0.3 is 5.97 Å². The van der Waals surface area contributed by atoms with E-state index in [1.54, 1.807) is 12.1 Å². The van der Waals surface area contributed by atoms with Gasteiger partial charge in [-0.1, -0.05) is 107 Å². The van der Waals surface area contributed by atoms with E-state index in [-0.39, 0.29) is 11.1 Å². The monoisotopic (exact) mass is 515 g/mol. The lowest BCUT2D eigenvalue weighted by molar-refractivity contribution is -0.255. The lowest BCUT2D eigenvalue weighted by atomic mass is 9.89. The molecule has 0 atom stereocenters. The van der Waals surface area contributed by atoms with Gasteiger partial charge in [-0.15, -0.1) is 0 Å². The SMILES string of the molecule is CCCCCCCCOc1ccc(-c2ccc(-c3cccc(C(=O)[O-])c3C(=O)O)cc2CCCCC)cc1. The molecule has 0 aliphatic rings. The number of hydrogen-bond donors (Lipinski definition) is 1. The van der Waals surface area contributed by atoms with Gasteiger partial charge in [0.25, 0.3) is 0 Å². The number of aromatic carboxylic acids is 2. The van der Waals surface area contributed by atoms with Crippen molar-refractivity contribution < 1.29 is 24.5 Å². The maximum atomic E-state index is 12.0. The lowest BCUT2D eigenvalue weighted by Gasteiger charge is -2.16. The van der Waals surface area contributed by atoms with Gasteiger partial charge in [-0.25, -0.2) is 4.79 Å². The van der Waals surface area contributed by atoms with Gasteiger partial charge in [0.2, 0.25) is 0 Å². The van der Waals surface area contributed by atoms with Crippen LogP contribution in [0, 0.1) is 0 Å². The summed E-state index contributed by atoms with van der Waals surface area (Å²) in [7, 11) is 0. The molecule has 0 aliphatic carbocycles. The summed E-state index contributed by atoms with van der Waals surface area (Å²) >= 11 is 0. The zero-order valence-corrected chi connectivity index (χ0v) is 22.6. The van der Waals surface area contributed by atoms with Crippen molar-refractivity contribution in [3.63, 3.8) is 0 Å². The molecule has 1 N–H and O–H groups in total. The Morgan fingerprint density at radius 3 is 2.11 bits per heavy atom. The molecule has 0 spiro atoms. The Hall–Kier alpha value is -3.60. The minimum absolute atomic E-state index is 0.244. The number of carboxylic acid groups (broad SMARTS) is 2. The maximum Gasteiger partial charge on any atom is 0.336 e. The van der Waals surface area contributed by atoms with Crippen LogP contribution in [0.5, 0.6) is 5.75 Å². The molecule has 202 valence electrons. The molecule has 38 heavy (non-hydrogen) atoms. The fraction of sp³-hybridized carbons (Fsp3) is 0.394. The number of rotatable bonds is 16. The fourth-order valence-corrected chi connectivity index (χ4v) is 4.81. The molecule has 3 aromatic rings. The molecule has 0 heterocycles. The molecule has 0 amide bonds. The Kier molecular flexibility index (Phi) is 11.4. The lowest BCUT2D eigenvalue weighted by Crippen LogP contribution is -2.25. The summed E-state index contributed by atoms with van der Waals surface area (Å²) in [6.07, 6.45) is 11.4. The first-order valence-corrected chi connectivity index (χ1v) is 13.9. The Balaban J connectivity index is 1.83. The van der Waals surface area contributed by atoms with Crippen LogP contribution in [-0.4, -0.2) is 23.7 Å². The summed E-state index contributed by atoms with van der Waals surface area (Å²) in [5, 5.41) is 21.4. The number of benzene rings is 3. The Morgan fingerprint density at radius 1 is 0.763 bits per heavy atom. The van der Waals surface area contributed by atoms with E-state index in [1.165, 1.54) is 38.2 Å². The molecule has 0 saturated heterocycles. The highest BCUT2D eigenvalue weighted by Gasteiger charge is 2.18. The molecule has 0 fully saturated rings. The molecule has 0 aromatic heterocycles. The van der Waals surface area contributed by atoms with Crippen molar-refractivity contribution in [2.75, 3.05) is 6.61 Å². The molecule has 3 aromatic carbocycles. The second-order valence-electron chi connectivity index (χ2n) is 9.79. The van der Waals surface area contributed by atoms with Gasteiger partial charge < -0.3 is 19.7 Å². The first kappa shape index (κ1) is 29.0. The third-order valence-electron chi connectivity index (χ3n) is 6.90. The van der Waals surface area contributed by atoms with Gasteiger partial charge in [-0.05, 0) is 59.2 Å². The van der Waals surface area contributed by atoms with Gasteiger partial charge in [0.15, 0.2) is 0 Å². The van der Waals surface area contributed by atoms with E-state index < -0.39 is 11.9 Å². The van der Waals surface area contributed by atoms with Crippen LogP contribution in [0.4, 0.5) is 0 Å². The molecule has 0 bridgehead atoms. The quantitative estimate of drug-likeness (QED) is 0.199. The number of unbranched alkanes of at least 4 members (excludes halogenated alkanes) is 7. The number of carboxylic acids is 2. The summed E-state index contributed by atoms with van der Waals surface area (Å²) in [5.41, 5.74) is 3.75. The summed E-state index contributed by atoms with van der Waals surface area (Å²) < 4.78 is 5.95. The third kappa shape index (κ3) is 7.95. The van der Waals surface area contributed by atoms with E-state index >= 15 is 0 Å². The largest absolute Gasteiger partial charge is 0.545 e. The van der Waals surface area contributed by atoms with Crippen LogP contribution >= 0.6 is 0 Å². The van der Waals surface area contributed by atoms with Gasteiger partial charge in [0.1, 0.15) is 5.75 Å². The van der Waals surface area contributed by atoms with Crippen LogP contribution in [0.1, 0.15) is 97.9 Å². The van der Waals surface area contributed by atoms with Gasteiger partial charge in [0.05, 0.1) is 18.1 Å². The predicted octanol–water partition coefficient (Wildman–Crippen LogP) is 7.55. The molecule has 5 nitrogen and oxygen atoms in total. The molecule has 0 aliphatic heterocycles. The van der Waals surface area contributed by atoms with Crippen molar-refractivity contribution in [3.05, 3.63) is 77.4 Å². The van der Waals surface area contributed by atoms with E-state index in [0.29, 0.717) is 11.1 Å². The molecular formula is C33H39O5-. The van der Waals surface area contributed by atoms with Crippen LogP contribution in [0.15, 0.2) is 60.7 Å². The smallest absolute Gasteiger partial charge is 0.336 e. The minimum Gasteiger partial charge on any atom is -0.545 e. The van der Waals surface area contributed by atoms with Crippen LogP contribution in [-0.2, 0) is 6.42 Å². The van der Waals surface area contributed by atoms with Crippen molar-refractivity contribution in [2.24, 2.45) is 0 Å². The predicted molar refractivity (Wildman–Crippen MR) is 151 cm³/mol. The average molecular weight is 516 g/mol. The van der Waals surface area contributed by atoms with Gasteiger partial charge in [0, 0.05) is 5.56 Å². The Bertz CT molecular complexity index is 1200.